The molecule has 2 aromatic carbocycles. The monoisotopic (exact) mass is 278 g/mol. The zero-order valence-corrected chi connectivity index (χ0v) is 10.7. The first kappa shape index (κ1) is 13.4. The topological polar surface area (TPSA) is 55.1 Å². The molecule has 0 saturated heterocycles. The van der Waals surface area contributed by atoms with Crippen LogP contribution in [0.5, 0.6) is 0 Å². The van der Waals surface area contributed by atoms with Gasteiger partial charge in [-0.15, -0.1) is 0 Å². The number of amides is 1. The molecule has 0 fully saturated rings. The minimum Gasteiger partial charge on any atom is -0.399 e. The Morgan fingerprint density at radius 3 is 2.58 bits per heavy atom. The Kier molecular flexibility index (Phi) is 4.02. The summed E-state index contributed by atoms with van der Waals surface area (Å²) in [4.78, 5) is 11.8. The van der Waals surface area contributed by atoms with Gasteiger partial charge < -0.3 is 11.1 Å². The lowest BCUT2D eigenvalue weighted by Crippen LogP contribution is -2.23. The Hall–Kier alpha value is -2.07. The second-order valence-corrected chi connectivity index (χ2v) is 4.48. The molecular formula is C14H12ClFN2O. The number of carbonyl (C=O) groups is 1. The second-order valence-electron chi connectivity index (χ2n) is 4.05. The van der Waals surface area contributed by atoms with Crippen molar-refractivity contribution < 1.29 is 9.18 Å². The Morgan fingerprint density at radius 2 is 1.89 bits per heavy atom. The minimum absolute atomic E-state index is 0.0667. The van der Waals surface area contributed by atoms with Crippen LogP contribution in [0.25, 0.3) is 0 Å². The number of rotatable bonds is 3. The van der Waals surface area contributed by atoms with Crippen LogP contribution in [0.2, 0.25) is 5.02 Å². The average molecular weight is 279 g/mol. The number of benzene rings is 2. The van der Waals surface area contributed by atoms with Crippen molar-refractivity contribution in [1.82, 2.24) is 5.32 Å². The van der Waals surface area contributed by atoms with E-state index in [1.807, 2.05) is 0 Å². The quantitative estimate of drug-likeness (QED) is 0.848. The normalized spacial score (nSPS) is 10.2. The minimum atomic E-state index is -0.598. The lowest BCUT2D eigenvalue weighted by Gasteiger charge is -2.07. The van der Waals surface area contributed by atoms with E-state index in [9.17, 15) is 9.18 Å². The molecule has 0 aliphatic rings. The van der Waals surface area contributed by atoms with Crippen LogP contribution in [0.15, 0.2) is 42.5 Å². The third-order valence-corrected chi connectivity index (χ3v) is 2.84. The number of carbonyl (C=O) groups excluding carboxylic acids is 1. The largest absolute Gasteiger partial charge is 0.399 e. The maximum absolute atomic E-state index is 13.5. The van der Waals surface area contributed by atoms with Crippen LogP contribution < -0.4 is 11.1 Å². The van der Waals surface area contributed by atoms with Crippen molar-refractivity contribution in [3.63, 3.8) is 0 Å². The van der Waals surface area contributed by atoms with Crippen LogP contribution >= 0.6 is 11.6 Å². The van der Waals surface area contributed by atoms with E-state index >= 15 is 0 Å². The van der Waals surface area contributed by atoms with E-state index in [4.69, 9.17) is 17.3 Å². The van der Waals surface area contributed by atoms with Gasteiger partial charge in [0.1, 0.15) is 5.82 Å². The fraction of sp³-hybridized carbons (Fsp3) is 0.0714. The van der Waals surface area contributed by atoms with E-state index in [-0.39, 0.29) is 5.56 Å². The Morgan fingerprint density at radius 1 is 1.21 bits per heavy atom. The van der Waals surface area contributed by atoms with Crippen molar-refractivity contribution in [2.24, 2.45) is 0 Å². The second kappa shape index (κ2) is 5.71. The molecule has 0 heterocycles. The van der Waals surface area contributed by atoms with Crippen LogP contribution in [0.4, 0.5) is 10.1 Å². The third-order valence-electron chi connectivity index (χ3n) is 2.61. The van der Waals surface area contributed by atoms with Crippen molar-refractivity contribution in [2.75, 3.05) is 5.73 Å². The van der Waals surface area contributed by atoms with Gasteiger partial charge in [0, 0.05) is 17.3 Å². The number of nitrogens with two attached hydrogens (primary N) is 1. The predicted molar refractivity (Wildman–Crippen MR) is 73.4 cm³/mol. The molecule has 0 atom stereocenters. The molecule has 0 aliphatic heterocycles. The van der Waals surface area contributed by atoms with E-state index in [1.165, 1.54) is 18.2 Å². The molecule has 3 N–H and O–H groups in total. The van der Waals surface area contributed by atoms with Gasteiger partial charge in [0.25, 0.3) is 5.91 Å². The first-order valence-electron chi connectivity index (χ1n) is 5.64. The molecule has 98 valence electrons. The maximum Gasteiger partial charge on any atom is 0.254 e. The average Bonchev–Trinajstić information content (AvgIpc) is 2.40. The highest BCUT2D eigenvalue weighted by Gasteiger charge is 2.11. The highest BCUT2D eigenvalue weighted by Crippen LogP contribution is 2.15. The summed E-state index contributed by atoms with van der Waals surface area (Å²) in [6, 6.07) is 10.9. The van der Waals surface area contributed by atoms with E-state index in [1.54, 1.807) is 24.3 Å². The van der Waals surface area contributed by atoms with Gasteiger partial charge in [-0.3, -0.25) is 4.79 Å². The van der Waals surface area contributed by atoms with Crippen molar-refractivity contribution >= 4 is 23.2 Å². The van der Waals surface area contributed by atoms with Crippen molar-refractivity contribution in [3.8, 4) is 0 Å². The highest BCUT2D eigenvalue weighted by molar-refractivity contribution is 6.30. The van der Waals surface area contributed by atoms with E-state index in [2.05, 4.69) is 5.32 Å². The van der Waals surface area contributed by atoms with Gasteiger partial charge in [0.05, 0.1) is 5.56 Å². The number of halogens is 2. The molecule has 3 nitrogen and oxygen atoms in total. The summed E-state index contributed by atoms with van der Waals surface area (Å²) in [5, 5.41) is 2.94. The Labute approximate surface area is 115 Å². The summed E-state index contributed by atoms with van der Waals surface area (Å²) in [5.74, 6) is -1.10. The molecule has 0 spiro atoms. The fourth-order valence-corrected chi connectivity index (χ4v) is 1.76. The molecule has 1 amide bonds. The van der Waals surface area contributed by atoms with Crippen LogP contribution in [-0.2, 0) is 6.54 Å². The summed E-state index contributed by atoms with van der Waals surface area (Å²) in [7, 11) is 0. The number of nitrogen functional groups attached to an aromatic ring is 1. The molecule has 0 aliphatic carbocycles. The third kappa shape index (κ3) is 3.45. The van der Waals surface area contributed by atoms with Gasteiger partial charge in [0.15, 0.2) is 0 Å². The summed E-state index contributed by atoms with van der Waals surface area (Å²) < 4.78 is 13.5. The Balaban J connectivity index is 2.05. The van der Waals surface area contributed by atoms with E-state index in [0.29, 0.717) is 17.3 Å². The van der Waals surface area contributed by atoms with Crippen LogP contribution in [0.1, 0.15) is 15.9 Å². The molecule has 0 aromatic heterocycles. The van der Waals surface area contributed by atoms with E-state index < -0.39 is 11.7 Å². The van der Waals surface area contributed by atoms with Gasteiger partial charge >= 0.3 is 0 Å². The highest BCUT2D eigenvalue weighted by atomic mass is 35.5. The van der Waals surface area contributed by atoms with Gasteiger partial charge in [0.2, 0.25) is 0 Å². The molecule has 0 bridgehead atoms. The molecule has 5 heteroatoms. The molecule has 19 heavy (non-hydrogen) atoms. The lowest BCUT2D eigenvalue weighted by atomic mass is 10.1. The van der Waals surface area contributed by atoms with Crippen LogP contribution in [-0.4, -0.2) is 5.91 Å². The maximum atomic E-state index is 13.5. The zero-order chi connectivity index (χ0) is 13.8. The lowest BCUT2D eigenvalue weighted by molar-refractivity contribution is 0.0947. The van der Waals surface area contributed by atoms with Crippen molar-refractivity contribution in [1.29, 1.82) is 0 Å². The van der Waals surface area contributed by atoms with Gasteiger partial charge in [-0.25, -0.2) is 4.39 Å². The Bertz CT molecular complexity index is 599. The number of hydrogen-bond donors (Lipinski definition) is 2. The molecular weight excluding hydrogens is 267 g/mol. The number of anilines is 1. The molecule has 0 saturated carbocycles. The first-order valence-corrected chi connectivity index (χ1v) is 6.02. The summed E-state index contributed by atoms with van der Waals surface area (Å²) >= 11 is 5.73. The summed E-state index contributed by atoms with van der Waals surface area (Å²) in [6.45, 7) is 0.297. The standard InChI is InChI=1S/C14H12ClFN2O/c15-10-3-6-13(16)12(7-10)14(19)18-8-9-1-4-11(17)5-2-9/h1-7H,8,17H2,(H,18,19). The van der Waals surface area contributed by atoms with Crippen LogP contribution in [0, 0.1) is 5.82 Å². The van der Waals surface area contributed by atoms with Crippen molar-refractivity contribution in [3.05, 3.63) is 64.4 Å². The zero-order valence-electron chi connectivity index (χ0n) is 9.99. The number of hydrogen-bond acceptors (Lipinski definition) is 2. The molecule has 0 unspecified atom stereocenters. The van der Waals surface area contributed by atoms with Gasteiger partial charge in [-0.05, 0) is 35.9 Å². The summed E-state index contributed by atoms with van der Waals surface area (Å²) in [6.07, 6.45) is 0. The van der Waals surface area contributed by atoms with Crippen LogP contribution in [0.3, 0.4) is 0 Å². The smallest absolute Gasteiger partial charge is 0.254 e. The molecule has 0 radical (unpaired) electrons. The first-order chi connectivity index (χ1) is 9.06. The predicted octanol–water partition coefficient (Wildman–Crippen LogP) is 2.99. The summed E-state index contributed by atoms with van der Waals surface area (Å²) in [5.41, 5.74) is 7.02. The van der Waals surface area contributed by atoms with E-state index in [0.717, 1.165) is 5.56 Å². The SMILES string of the molecule is Nc1ccc(CNC(=O)c2cc(Cl)ccc2F)cc1. The van der Waals surface area contributed by atoms with Gasteiger partial charge in [-0.2, -0.15) is 0 Å². The number of nitrogens with one attached hydrogen (secondary N) is 1. The molecule has 2 rings (SSSR count). The van der Waals surface area contributed by atoms with Gasteiger partial charge in [-0.1, -0.05) is 23.7 Å². The fourth-order valence-electron chi connectivity index (χ4n) is 1.58. The van der Waals surface area contributed by atoms with Crippen molar-refractivity contribution in [2.45, 2.75) is 6.54 Å². The molecule has 2 aromatic rings.